The highest BCUT2D eigenvalue weighted by atomic mass is 15.4. The third kappa shape index (κ3) is 4.09. The average Bonchev–Trinajstić information content (AvgIpc) is 2.84. The topological polar surface area (TPSA) is 23.8 Å². The lowest BCUT2D eigenvalue weighted by Crippen LogP contribution is -2.54. The van der Waals surface area contributed by atoms with Gasteiger partial charge in [-0.3, -0.25) is 0 Å². The largest absolute Gasteiger partial charge is 0.313 e. The summed E-state index contributed by atoms with van der Waals surface area (Å²) in [6.45, 7) is 7.23. The Morgan fingerprint density at radius 2 is 1.78 bits per heavy atom. The van der Waals surface area contributed by atoms with E-state index in [9.17, 15) is 5.26 Å². The molecule has 0 aromatic heterocycles. The van der Waals surface area contributed by atoms with Gasteiger partial charge < -0.3 is 4.48 Å². The van der Waals surface area contributed by atoms with E-state index in [-0.39, 0.29) is 0 Å². The maximum absolute atomic E-state index is 9.39. The molecule has 27 heavy (non-hydrogen) atoms. The third-order valence-electron chi connectivity index (χ3n) is 7.33. The summed E-state index contributed by atoms with van der Waals surface area (Å²) in [5.41, 5.74) is 4.52. The molecule has 0 radical (unpaired) electrons. The lowest BCUT2D eigenvalue weighted by molar-refractivity contribution is -0.917. The molecule has 3 rings (SSSR count). The van der Waals surface area contributed by atoms with E-state index in [1.807, 2.05) is 6.08 Å². The molecule has 3 unspecified atom stereocenters. The Bertz CT molecular complexity index is 684. The Kier molecular flexibility index (Phi) is 6.02. The monoisotopic (exact) mass is 367 g/mol. The van der Waals surface area contributed by atoms with Crippen LogP contribution in [0.15, 0.2) is 34.9 Å². The molecule has 1 heterocycles. The lowest BCUT2D eigenvalue weighted by Gasteiger charge is -2.46. The van der Waals surface area contributed by atoms with E-state index < -0.39 is 0 Å². The smallest absolute Gasteiger partial charge is 0.135 e. The zero-order valence-electron chi connectivity index (χ0n) is 18.2. The number of rotatable bonds is 7. The van der Waals surface area contributed by atoms with Crippen LogP contribution >= 0.6 is 0 Å². The lowest BCUT2D eigenvalue weighted by atomic mass is 9.65. The second kappa shape index (κ2) is 7.96. The number of hydrogen-bond acceptors (Lipinski definition) is 1. The van der Waals surface area contributed by atoms with Crippen LogP contribution in [0.2, 0.25) is 0 Å². The van der Waals surface area contributed by atoms with Gasteiger partial charge in [-0.2, -0.15) is 5.26 Å². The van der Waals surface area contributed by atoms with Gasteiger partial charge in [0.15, 0.2) is 0 Å². The molecule has 2 aliphatic carbocycles. The first kappa shape index (κ1) is 20.4. The number of nitrogens with zero attached hydrogens (tertiary/aromatic N) is 2. The van der Waals surface area contributed by atoms with Crippen LogP contribution in [0.25, 0.3) is 0 Å². The summed E-state index contributed by atoms with van der Waals surface area (Å²) in [5, 5.41) is 9.39. The van der Waals surface area contributed by atoms with Crippen molar-refractivity contribution in [3.63, 3.8) is 0 Å². The third-order valence-corrected chi connectivity index (χ3v) is 7.33. The van der Waals surface area contributed by atoms with Crippen molar-refractivity contribution in [2.75, 3.05) is 14.1 Å². The molecule has 0 spiro atoms. The van der Waals surface area contributed by atoms with E-state index in [0.29, 0.717) is 17.5 Å². The molecule has 3 aliphatic rings. The Morgan fingerprint density at radius 1 is 1.07 bits per heavy atom. The minimum atomic E-state index is 0.366. The summed E-state index contributed by atoms with van der Waals surface area (Å²) in [6, 6.07) is 3.34. The fraction of sp³-hybridized carbons (Fsp3) is 0.720. The van der Waals surface area contributed by atoms with E-state index in [1.165, 1.54) is 63.4 Å². The van der Waals surface area contributed by atoms with E-state index in [2.05, 4.69) is 53.1 Å². The number of quaternary nitrogens is 1. The molecule has 0 amide bonds. The summed E-state index contributed by atoms with van der Waals surface area (Å²) < 4.78 is 0.997. The summed E-state index contributed by atoms with van der Waals surface area (Å²) in [7, 11) is 4.77. The van der Waals surface area contributed by atoms with Crippen LogP contribution in [0.1, 0.15) is 78.6 Å². The molecule has 1 saturated carbocycles. The van der Waals surface area contributed by atoms with Crippen molar-refractivity contribution < 1.29 is 4.48 Å². The number of allylic oxidation sites excluding steroid dienone is 2. The van der Waals surface area contributed by atoms with Gasteiger partial charge in [0.1, 0.15) is 12.1 Å². The first-order chi connectivity index (χ1) is 12.8. The number of hydrogen-bond donors (Lipinski definition) is 0. The van der Waals surface area contributed by atoms with Crippen LogP contribution in [-0.2, 0) is 0 Å². The number of fused-ring (bicyclic) bond motifs is 2. The molecule has 0 saturated heterocycles. The predicted octanol–water partition coefficient (Wildman–Crippen LogP) is 6.32. The highest BCUT2D eigenvalue weighted by molar-refractivity contribution is 5.51. The van der Waals surface area contributed by atoms with Crippen LogP contribution in [-0.4, -0.2) is 30.7 Å². The standard InChI is InChI=1S/C25H39N2/c1-6-7-8-9-10-11-12-20-16-25(2,3)17-23-24(20)21-14-13-19(18-26)15-22(21)27(23,4)5/h13-15,20,22-23H,6-12,16-17H2,1-5H3/q+1. The molecule has 0 bridgehead atoms. The number of unbranched alkanes of at least 4 members (excludes halogenated alkanes) is 5. The van der Waals surface area contributed by atoms with E-state index >= 15 is 0 Å². The van der Waals surface area contributed by atoms with Gasteiger partial charge in [0.05, 0.1) is 25.7 Å². The minimum absolute atomic E-state index is 0.366. The first-order valence-corrected chi connectivity index (χ1v) is 11.2. The Morgan fingerprint density at radius 3 is 2.48 bits per heavy atom. The zero-order valence-corrected chi connectivity index (χ0v) is 18.2. The molecular formula is C25H39N2+. The molecule has 2 heteroatoms. The Labute approximate surface area is 167 Å². The molecule has 148 valence electrons. The van der Waals surface area contributed by atoms with Gasteiger partial charge >= 0.3 is 0 Å². The Hall–Kier alpha value is -1.33. The molecule has 2 nitrogen and oxygen atoms in total. The van der Waals surface area contributed by atoms with Crippen LogP contribution in [0.4, 0.5) is 0 Å². The summed E-state index contributed by atoms with van der Waals surface area (Å²) >= 11 is 0. The van der Waals surface area contributed by atoms with Crippen molar-refractivity contribution in [2.45, 2.75) is 90.6 Å². The van der Waals surface area contributed by atoms with Gasteiger partial charge in [-0.05, 0) is 41.9 Å². The van der Waals surface area contributed by atoms with E-state index in [1.54, 1.807) is 5.57 Å². The zero-order chi connectivity index (χ0) is 19.7. The van der Waals surface area contributed by atoms with Gasteiger partial charge in [-0.15, -0.1) is 0 Å². The predicted molar refractivity (Wildman–Crippen MR) is 114 cm³/mol. The molecular weight excluding hydrogens is 328 g/mol. The van der Waals surface area contributed by atoms with Crippen LogP contribution in [0, 0.1) is 22.7 Å². The first-order valence-electron chi connectivity index (χ1n) is 11.2. The summed E-state index contributed by atoms with van der Waals surface area (Å²) in [5.74, 6) is 0.726. The highest BCUT2D eigenvalue weighted by Gasteiger charge is 2.54. The average molecular weight is 368 g/mol. The Balaban J connectivity index is 1.81. The van der Waals surface area contributed by atoms with Gasteiger partial charge in [-0.1, -0.05) is 65.4 Å². The maximum atomic E-state index is 9.39. The SMILES string of the molecule is CCCCCCCCC1CC(C)(C)CC2C1=C1C=CC(C#N)=CC1[N+]2(C)C. The fourth-order valence-electron chi connectivity index (χ4n) is 5.90. The van der Waals surface area contributed by atoms with Crippen molar-refractivity contribution in [3.8, 4) is 6.07 Å². The molecule has 0 N–H and O–H groups in total. The second-order valence-corrected chi connectivity index (χ2v) is 10.4. The molecule has 0 aromatic carbocycles. The normalized spacial score (nSPS) is 30.5. The fourth-order valence-corrected chi connectivity index (χ4v) is 5.90. The van der Waals surface area contributed by atoms with Crippen molar-refractivity contribution in [2.24, 2.45) is 11.3 Å². The van der Waals surface area contributed by atoms with Gasteiger partial charge in [0, 0.05) is 12.0 Å². The van der Waals surface area contributed by atoms with Crippen molar-refractivity contribution in [3.05, 3.63) is 34.9 Å². The molecule has 1 aliphatic heterocycles. The van der Waals surface area contributed by atoms with Gasteiger partial charge in [0.25, 0.3) is 0 Å². The summed E-state index contributed by atoms with van der Waals surface area (Å²) in [4.78, 5) is 0. The van der Waals surface area contributed by atoms with Crippen LogP contribution in [0.5, 0.6) is 0 Å². The minimum Gasteiger partial charge on any atom is -0.313 e. The van der Waals surface area contributed by atoms with Crippen molar-refractivity contribution in [1.29, 1.82) is 5.26 Å². The highest BCUT2D eigenvalue weighted by Crippen LogP contribution is 2.53. The van der Waals surface area contributed by atoms with E-state index in [4.69, 9.17) is 0 Å². The van der Waals surface area contributed by atoms with Crippen LogP contribution in [0.3, 0.4) is 0 Å². The van der Waals surface area contributed by atoms with Gasteiger partial charge in [0.2, 0.25) is 0 Å². The van der Waals surface area contributed by atoms with E-state index in [0.717, 1.165) is 16.0 Å². The molecule has 1 fully saturated rings. The van der Waals surface area contributed by atoms with Crippen molar-refractivity contribution in [1.82, 2.24) is 0 Å². The van der Waals surface area contributed by atoms with Crippen LogP contribution < -0.4 is 0 Å². The quantitative estimate of drug-likeness (QED) is 0.382. The van der Waals surface area contributed by atoms with Gasteiger partial charge in [-0.25, -0.2) is 0 Å². The molecule has 0 aromatic rings. The number of likely N-dealkylation sites (N-methyl/N-ethyl adjacent to an activating group) is 1. The molecule has 3 atom stereocenters. The number of nitriles is 1. The summed E-state index contributed by atoms with van der Waals surface area (Å²) in [6.07, 6.45) is 18.8. The second-order valence-electron chi connectivity index (χ2n) is 10.4. The van der Waals surface area contributed by atoms with Crippen molar-refractivity contribution >= 4 is 0 Å². The maximum Gasteiger partial charge on any atom is 0.135 e.